The molecule has 2 aromatic rings. The molecule has 0 saturated carbocycles. The van der Waals surface area contributed by atoms with Gasteiger partial charge in [-0.2, -0.15) is 4.31 Å². The van der Waals surface area contributed by atoms with Crippen LogP contribution in [0.4, 0.5) is 10.1 Å². The van der Waals surface area contributed by atoms with Gasteiger partial charge in [0.25, 0.3) is 5.91 Å². The summed E-state index contributed by atoms with van der Waals surface area (Å²) in [4.78, 5) is 14.7. The van der Waals surface area contributed by atoms with Crippen molar-refractivity contribution in [3.8, 4) is 0 Å². The predicted octanol–water partition coefficient (Wildman–Crippen LogP) is 2.75. The third-order valence-electron chi connectivity index (χ3n) is 5.44. The highest BCUT2D eigenvalue weighted by Gasteiger charge is 2.30. The summed E-state index contributed by atoms with van der Waals surface area (Å²) in [6, 6.07) is 9.26. The molecule has 2 aliphatic rings. The number of anilines is 1. The number of carbonyl (C=O) groups excluding carboxylic acids is 1. The number of morpholine rings is 1. The SMILES string of the molecule is Cc1cccc2c1N(C(=O)c1cc(S(=O)(=O)N3CCOCC3)ccc1F)CCC2. The average Bonchev–Trinajstić information content (AvgIpc) is 2.74. The van der Waals surface area contributed by atoms with Gasteiger partial charge in [0, 0.05) is 19.6 Å². The molecule has 8 heteroatoms. The molecule has 0 atom stereocenters. The standard InChI is InChI=1S/C21H23FN2O4S/c1-15-4-2-5-16-6-3-9-24(20(15)16)21(25)18-14-17(7-8-19(18)22)29(26,27)23-10-12-28-13-11-23/h2,4-5,7-8,14H,3,6,9-13H2,1H3. The number of para-hydroxylation sites is 1. The van der Waals surface area contributed by atoms with Gasteiger partial charge in [0.2, 0.25) is 10.0 Å². The summed E-state index contributed by atoms with van der Waals surface area (Å²) in [6.45, 7) is 3.49. The fourth-order valence-corrected chi connectivity index (χ4v) is 5.40. The Kier molecular flexibility index (Phi) is 5.42. The van der Waals surface area contributed by atoms with Gasteiger partial charge in [-0.25, -0.2) is 12.8 Å². The van der Waals surface area contributed by atoms with E-state index in [2.05, 4.69) is 0 Å². The zero-order valence-corrected chi connectivity index (χ0v) is 17.0. The molecule has 1 saturated heterocycles. The van der Waals surface area contributed by atoms with Crippen molar-refractivity contribution in [2.24, 2.45) is 0 Å². The minimum absolute atomic E-state index is 0.0776. The Labute approximate surface area is 169 Å². The van der Waals surface area contributed by atoms with E-state index < -0.39 is 21.7 Å². The van der Waals surface area contributed by atoms with Crippen LogP contribution in [-0.2, 0) is 21.2 Å². The third-order valence-corrected chi connectivity index (χ3v) is 7.33. The highest BCUT2D eigenvalue weighted by atomic mass is 32.2. The zero-order valence-electron chi connectivity index (χ0n) is 16.2. The minimum Gasteiger partial charge on any atom is -0.379 e. The molecule has 1 fully saturated rings. The van der Waals surface area contributed by atoms with Crippen LogP contribution in [0, 0.1) is 12.7 Å². The first kappa shape index (κ1) is 20.0. The Morgan fingerprint density at radius 3 is 2.62 bits per heavy atom. The zero-order chi connectivity index (χ0) is 20.6. The van der Waals surface area contributed by atoms with Gasteiger partial charge in [-0.1, -0.05) is 18.2 Å². The molecule has 2 heterocycles. The number of nitrogens with zero attached hydrogens (tertiary/aromatic N) is 2. The van der Waals surface area contributed by atoms with Gasteiger partial charge in [0.1, 0.15) is 5.82 Å². The second kappa shape index (κ2) is 7.85. The van der Waals surface area contributed by atoms with Crippen LogP contribution in [0.15, 0.2) is 41.3 Å². The topological polar surface area (TPSA) is 66.9 Å². The molecule has 2 aliphatic heterocycles. The summed E-state index contributed by atoms with van der Waals surface area (Å²) in [5.74, 6) is -1.24. The highest BCUT2D eigenvalue weighted by molar-refractivity contribution is 7.89. The van der Waals surface area contributed by atoms with E-state index in [1.807, 2.05) is 25.1 Å². The van der Waals surface area contributed by atoms with Gasteiger partial charge >= 0.3 is 0 Å². The van der Waals surface area contributed by atoms with Crippen LogP contribution in [-0.4, -0.2) is 51.5 Å². The minimum atomic E-state index is -3.82. The third kappa shape index (κ3) is 3.68. The van der Waals surface area contributed by atoms with E-state index in [0.717, 1.165) is 41.8 Å². The second-order valence-corrected chi connectivity index (χ2v) is 9.24. The molecule has 0 aromatic heterocycles. The fraction of sp³-hybridized carbons (Fsp3) is 0.381. The van der Waals surface area contributed by atoms with Crippen molar-refractivity contribution < 1.29 is 22.3 Å². The largest absolute Gasteiger partial charge is 0.379 e. The average molecular weight is 418 g/mol. The molecule has 0 spiro atoms. The van der Waals surface area contributed by atoms with Gasteiger partial charge in [0.05, 0.1) is 29.4 Å². The second-order valence-electron chi connectivity index (χ2n) is 7.30. The lowest BCUT2D eigenvalue weighted by Gasteiger charge is -2.31. The van der Waals surface area contributed by atoms with E-state index >= 15 is 0 Å². The molecular weight excluding hydrogens is 395 g/mol. The molecule has 0 aliphatic carbocycles. The van der Waals surface area contributed by atoms with E-state index in [0.29, 0.717) is 19.8 Å². The molecule has 0 unspecified atom stereocenters. The van der Waals surface area contributed by atoms with Gasteiger partial charge < -0.3 is 9.64 Å². The van der Waals surface area contributed by atoms with E-state index in [1.54, 1.807) is 4.90 Å². The van der Waals surface area contributed by atoms with Crippen LogP contribution in [0.2, 0.25) is 0 Å². The van der Waals surface area contributed by atoms with Gasteiger partial charge in [0.15, 0.2) is 0 Å². The number of carbonyl (C=O) groups is 1. The van der Waals surface area contributed by atoms with Crippen LogP contribution < -0.4 is 4.90 Å². The van der Waals surface area contributed by atoms with Crippen molar-refractivity contribution in [1.82, 2.24) is 4.31 Å². The van der Waals surface area contributed by atoms with Crippen molar-refractivity contribution in [1.29, 1.82) is 0 Å². The Morgan fingerprint density at radius 2 is 1.86 bits per heavy atom. The number of ether oxygens (including phenoxy) is 1. The van der Waals surface area contributed by atoms with Crippen molar-refractivity contribution in [3.63, 3.8) is 0 Å². The molecule has 154 valence electrons. The lowest BCUT2D eigenvalue weighted by atomic mass is 9.97. The normalized spacial score (nSPS) is 17.8. The Balaban J connectivity index is 1.72. The van der Waals surface area contributed by atoms with E-state index in [4.69, 9.17) is 4.74 Å². The number of hydrogen-bond donors (Lipinski definition) is 0. The molecule has 0 radical (unpaired) electrons. The van der Waals surface area contributed by atoms with E-state index in [1.165, 1.54) is 10.4 Å². The Morgan fingerprint density at radius 1 is 1.10 bits per heavy atom. The van der Waals surface area contributed by atoms with Gasteiger partial charge in [-0.3, -0.25) is 4.79 Å². The maximum Gasteiger partial charge on any atom is 0.261 e. The molecule has 1 amide bonds. The first-order valence-corrected chi connectivity index (χ1v) is 11.1. The number of rotatable bonds is 3. The molecule has 0 N–H and O–H groups in total. The van der Waals surface area contributed by atoms with E-state index in [9.17, 15) is 17.6 Å². The lowest BCUT2D eigenvalue weighted by Crippen LogP contribution is -2.41. The number of hydrogen-bond acceptors (Lipinski definition) is 4. The van der Waals surface area contributed by atoms with Crippen molar-refractivity contribution in [2.75, 3.05) is 37.7 Å². The lowest BCUT2D eigenvalue weighted by molar-refractivity contribution is 0.0730. The van der Waals surface area contributed by atoms with E-state index in [-0.39, 0.29) is 23.5 Å². The molecular formula is C21H23FN2O4S. The van der Waals surface area contributed by atoms with Crippen molar-refractivity contribution in [3.05, 3.63) is 58.9 Å². The summed E-state index contributed by atoms with van der Waals surface area (Å²) >= 11 is 0. The first-order valence-electron chi connectivity index (χ1n) is 9.67. The summed E-state index contributed by atoms with van der Waals surface area (Å²) in [5, 5.41) is 0. The number of aryl methyl sites for hydroxylation is 2. The van der Waals surface area contributed by atoms with Crippen LogP contribution in [0.25, 0.3) is 0 Å². The maximum atomic E-state index is 14.6. The maximum absolute atomic E-state index is 14.6. The van der Waals surface area contributed by atoms with Gasteiger partial charge in [-0.05, 0) is 49.1 Å². The summed E-state index contributed by atoms with van der Waals surface area (Å²) < 4.78 is 47.0. The van der Waals surface area contributed by atoms with Crippen molar-refractivity contribution in [2.45, 2.75) is 24.7 Å². The molecule has 6 nitrogen and oxygen atoms in total. The number of halogens is 1. The van der Waals surface area contributed by atoms with Crippen molar-refractivity contribution >= 4 is 21.6 Å². The molecule has 0 bridgehead atoms. The van der Waals surface area contributed by atoms with Gasteiger partial charge in [-0.15, -0.1) is 0 Å². The summed E-state index contributed by atoms with van der Waals surface area (Å²) in [7, 11) is -3.82. The molecule has 4 rings (SSSR count). The highest BCUT2D eigenvalue weighted by Crippen LogP contribution is 2.32. The number of sulfonamides is 1. The van der Waals surface area contributed by atoms with Crippen LogP contribution >= 0.6 is 0 Å². The summed E-state index contributed by atoms with van der Waals surface area (Å²) in [6.07, 6.45) is 1.63. The number of benzene rings is 2. The molecule has 29 heavy (non-hydrogen) atoms. The number of amides is 1. The fourth-order valence-electron chi connectivity index (χ4n) is 3.96. The van der Waals surface area contributed by atoms with Crippen LogP contribution in [0.5, 0.6) is 0 Å². The summed E-state index contributed by atoms with van der Waals surface area (Å²) in [5.41, 5.74) is 2.55. The van der Waals surface area contributed by atoms with Crippen LogP contribution in [0.3, 0.4) is 0 Å². The quantitative estimate of drug-likeness (QED) is 0.769. The monoisotopic (exact) mass is 418 g/mol. The Bertz CT molecular complexity index is 1050. The van der Waals surface area contributed by atoms with Crippen LogP contribution in [0.1, 0.15) is 27.9 Å². The molecule has 2 aromatic carbocycles. The number of fused-ring (bicyclic) bond motifs is 1. The predicted molar refractivity (Wildman–Crippen MR) is 107 cm³/mol. The first-order chi connectivity index (χ1) is 13.9. The Hall–Kier alpha value is -2.29. The smallest absolute Gasteiger partial charge is 0.261 e.